The molecule has 170 valence electrons. The molecule has 3 N–H and O–H groups in total. The first-order valence-electron chi connectivity index (χ1n) is 10.1. The van der Waals surface area contributed by atoms with Crippen molar-refractivity contribution in [2.75, 3.05) is 30.4 Å². The molecule has 1 aliphatic heterocycles. The number of nitrogens with one attached hydrogen (secondary N) is 1. The Morgan fingerprint density at radius 2 is 1.97 bits per heavy atom. The number of aliphatic hydroxyl groups is 1. The van der Waals surface area contributed by atoms with Crippen LogP contribution in [0.3, 0.4) is 0 Å². The van der Waals surface area contributed by atoms with Crippen LogP contribution in [0.25, 0.3) is 10.8 Å². The standard InChI is InChI=1S/C22H24ClN5O3.ClH/c1-31-20-5-3-15(11-19(20)23)12-24-21-18-10-14(13-25-30)2-4-17(18)22(27-26-21)28-8-6-16(29)7-9-28;/h2-5,10-11,13,16,29-30H,6-9,12H2,1H3,(H,24,26);1H. The number of methoxy groups -OCH3 is 1. The summed E-state index contributed by atoms with van der Waals surface area (Å²) in [7, 11) is 1.58. The van der Waals surface area contributed by atoms with Gasteiger partial charge in [-0.3, -0.25) is 0 Å². The molecule has 8 nitrogen and oxygen atoms in total. The molecule has 4 rings (SSSR count). The van der Waals surface area contributed by atoms with E-state index >= 15 is 0 Å². The van der Waals surface area contributed by atoms with Crippen LogP contribution in [0.15, 0.2) is 41.6 Å². The van der Waals surface area contributed by atoms with Gasteiger partial charge in [-0.25, -0.2) is 0 Å². The molecule has 0 bridgehead atoms. The van der Waals surface area contributed by atoms with Crippen molar-refractivity contribution in [1.29, 1.82) is 0 Å². The van der Waals surface area contributed by atoms with Crippen molar-refractivity contribution in [3.05, 3.63) is 52.5 Å². The number of aromatic nitrogens is 2. The maximum Gasteiger partial charge on any atom is 0.159 e. The van der Waals surface area contributed by atoms with E-state index in [9.17, 15) is 5.11 Å². The van der Waals surface area contributed by atoms with E-state index < -0.39 is 0 Å². The van der Waals surface area contributed by atoms with Gasteiger partial charge in [-0.1, -0.05) is 28.9 Å². The van der Waals surface area contributed by atoms with Crippen LogP contribution in [-0.2, 0) is 6.54 Å². The third kappa shape index (κ3) is 5.15. The average molecular weight is 478 g/mol. The highest BCUT2D eigenvalue weighted by Gasteiger charge is 2.21. The van der Waals surface area contributed by atoms with E-state index in [1.165, 1.54) is 6.21 Å². The van der Waals surface area contributed by atoms with Crippen molar-refractivity contribution in [2.24, 2.45) is 5.16 Å². The van der Waals surface area contributed by atoms with E-state index in [4.69, 9.17) is 21.5 Å². The Labute approximate surface area is 197 Å². The lowest BCUT2D eigenvalue weighted by molar-refractivity contribution is 0.145. The number of rotatable bonds is 6. The number of anilines is 2. The monoisotopic (exact) mass is 477 g/mol. The lowest BCUT2D eigenvalue weighted by atomic mass is 10.1. The third-order valence-corrected chi connectivity index (χ3v) is 5.73. The fraction of sp³-hybridized carbons (Fsp3) is 0.318. The second-order valence-corrected chi connectivity index (χ2v) is 7.87. The molecule has 2 heterocycles. The van der Waals surface area contributed by atoms with Crippen LogP contribution in [0.1, 0.15) is 24.0 Å². The number of halogens is 2. The largest absolute Gasteiger partial charge is 0.495 e. The number of oxime groups is 1. The molecule has 2 aromatic carbocycles. The summed E-state index contributed by atoms with van der Waals surface area (Å²) in [6.45, 7) is 1.95. The van der Waals surface area contributed by atoms with Crippen molar-refractivity contribution in [2.45, 2.75) is 25.5 Å². The summed E-state index contributed by atoms with van der Waals surface area (Å²) in [6, 6.07) is 11.4. The summed E-state index contributed by atoms with van der Waals surface area (Å²) in [5, 5.41) is 36.5. The molecule has 1 saturated heterocycles. The Hall–Kier alpha value is -2.81. The lowest BCUT2D eigenvalue weighted by Gasteiger charge is -2.31. The number of hydrogen-bond donors (Lipinski definition) is 3. The third-order valence-electron chi connectivity index (χ3n) is 5.43. The van der Waals surface area contributed by atoms with Gasteiger partial charge in [-0.2, -0.15) is 0 Å². The predicted octanol–water partition coefficient (Wildman–Crippen LogP) is 4.09. The first-order valence-corrected chi connectivity index (χ1v) is 10.4. The normalized spacial score (nSPS) is 14.5. The molecule has 0 saturated carbocycles. The summed E-state index contributed by atoms with van der Waals surface area (Å²) in [6.07, 6.45) is 2.53. The highest BCUT2D eigenvalue weighted by atomic mass is 35.5. The Bertz CT molecular complexity index is 1100. The van der Waals surface area contributed by atoms with Gasteiger partial charge in [0, 0.05) is 30.4 Å². The van der Waals surface area contributed by atoms with E-state index in [0.717, 1.165) is 40.8 Å². The molecule has 0 amide bonds. The van der Waals surface area contributed by atoms with Gasteiger partial charge in [-0.15, -0.1) is 22.6 Å². The number of benzene rings is 2. The molecule has 0 aliphatic carbocycles. The van der Waals surface area contributed by atoms with E-state index in [1.54, 1.807) is 7.11 Å². The maximum absolute atomic E-state index is 9.83. The molecule has 1 aromatic heterocycles. The smallest absolute Gasteiger partial charge is 0.159 e. The van der Waals surface area contributed by atoms with Gasteiger partial charge < -0.3 is 25.3 Å². The average Bonchev–Trinajstić information content (AvgIpc) is 2.78. The number of piperidine rings is 1. The van der Waals surface area contributed by atoms with E-state index in [2.05, 4.69) is 25.6 Å². The lowest BCUT2D eigenvalue weighted by Crippen LogP contribution is -2.36. The van der Waals surface area contributed by atoms with Crippen molar-refractivity contribution in [1.82, 2.24) is 10.2 Å². The molecule has 0 spiro atoms. The van der Waals surface area contributed by atoms with Crippen LogP contribution < -0.4 is 15.0 Å². The Morgan fingerprint density at radius 1 is 1.19 bits per heavy atom. The van der Waals surface area contributed by atoms with Crippen LogP contribution in [0.5, 0.6) is 5.75 Å². The summed E-state index contributed by atoms with van der Waals surface area (Å²) in [4.78, 5) is 2.15. The second kappa shape index (κ2) is 10.7. The summed E-state index contributed by atoms with van der Waals surface area (Å²) >= 11 is 6.24. The van der Waals surface area contributed by atoms with Gasteiger partial charge in [0.05, 0.1) is 24.5 Å². The fourth-order valence-electron chi connectivity index (χ4n) is 3.75. The molecular weight excluding hydrogens is 453 g/mol. The zero-order chi connectivity index (χ0) is 21.8. The van der Waals surface area contributed by atoms with Crippen LogP contribution >= 0.6 is 24.0 Å². The first-order chi connectivity index (χ1) is 15.1. The SMILES string of the molecule is COc1ccc(CNc2nnc(N3CCC(O)CC3)c3ccc(C=NO)cc23)cc1Cl.Cl. The van der Waals surface area contributed by atoms with Gasteiger partial charge in [-0.05, 0) is 48.2 Å². The Kier molecular flexibility index (Phi) is 7.95. The summed E-state index contributed by atoms with van der Waals surface area (Å²) < 4.78 is 5.21. The van der Waals surface area contributed by atoms with E-state index in [-0.39, 0.29) is 18.5 Å². The molecule has 10 heteroatoms. The minimum absolute atomic E-state index is 0. The molecule has 32 heavy (non-hydrogen) atoms. The van der Waals surface area contributed by atoms with Crippen LogP contribution in [0.2, 0.25) is 5.02 Å². The number of aliphatic hydroxyl groups excluding tert-OH is 1. The maximum atomic E-state index is 9.83. The molecule has 3 aromatic rings. The fourth-order valence-corrected chi connectivity index (χ4v) is 4.03. The van der Waals surface area contributed by atoms with Crippen LogP contribution in [-0.4, -0.2) is 53.0 Å². The van der Waals surface area contributed by atoms with Crippen molar-refractivity contribution >= 4 is 52.6 Å². The van der Waals surface area contributed by atoms with Crippen molar-refractivity contribution in [3.8, 4) is 5.75 Å². The van der Waals surface area contributed by atoms with Crippen LogP contribution in [0, 0.1) is 0 Å². The summed E-state index contributed by atoms with van der Waals surface area (Å²) in [5.74, 6) is 2.03. The topological polar surface area (TPSA) is 103 Å². The van der Waals surface area contributed by atoms with Crippen LogP contribution in [0.4, 0.5) is 11.6 Å². The minimum Gasteiger partial charge on any atom is -0.495 e. The van der Waals surface area contributed by atoms with E-state index in [1.807, 2.05) is 36.4 Å². The highest BCUT2D eigenvalue weighted by molar-refractivity contribution is 6.32. The Morgan fingerprint density at radius 3 is 2.66 bits per heavy atom. The highest BCUT2D eigenvalue weighted by Crippen LogP contribution is 2.31. The quantitative estimate of drug-likeness (QED) is 0.279. The molecule has 0 atom stereocenters. The number of fused-ring (bicyclic) bond motifs is 1. The second-order valence-electron chi connectivity index (χ2n) is 7.46. The number of nitrogens with zero attached hydrogens (tertiary/aromatic N) is 4. The van der Waals surface area contributed by atoms with Crippen molar-refractivity contribution < 1.29 is 15.1 Å². The number of ether oxygens (including phenoxy) is 1. The molecule has 0 radical (unpaired) electrons. The molecular formula is C22H25Cl2N5O3. The minimum atomic E-state index is -0.264. The number of hydrogen-bond acceptors (Lipinski definition) is 8. The zero-order valence-electron chi connectivity index (χ0n) is 17.5. The predicted molar refractivity (Wildman–Crippen MR) is 129 cm³/mol. The van der Waals surface area contributed by atoms with Crippen molar-refractivity contribution in [3.63, 3.8) is 0 Å². The molecule has 1 fully saturated rings. The van der Waals surface area contributed by atoms with Gasteiger partial charge in [0.15, 0.2) is 11.6 Å². The van der Waals surface area contributed by atoms with Gasteiger partial charge in [0.25, 0.3) is 0 Å². The zero-order valence-corrected chi connectivity index (χ0v) is 19.1. The molecule has 0 unspecified atom stereocenters. The molecule has 1 aliphatic rings. The van der Waals surface area contributed by atoms with Gasteiger partial charge in [0.1, 0.15) is 5.75 Å². The van der Waals surface area contributed by atoms with E-state index in [0.29, 0.717) is 36.0 Å². The first kappa shape index (κ1) is 23.8. The van der Waals surface area contributed by atoms with Gasteiger partial charge in [0.2, 0.25) is 0 Å². The summed E-state index contributed by atoms with van der Waals surface area (Å²) in [5.41, 5.74) is 1.72. The Balaban J connectivity index is 0.00000289. The van der Waals surface area contributed by atoms with Gasteiger partial charge >= 0.3 is 0 Å².